The lowest BCUT2D eigenvalue weighted by molar-refractivity contribution is -0.117. The minimum Gasteiger partial charge on any atom is -0.455 e. The predicted octanol–water partition coefficient (Wildman–Crippen LogP) is 18.7. The number of para-hydroxylation sites is 6. The van der Waals surface area contributed by atoms with Gasteiger partial charge in [-0.2, -0.15) is 0 Å². The van der Waals surface area contributed by atoms with Gasteiger partial charge in [-0.3, -0.25) is 38.6 Å². The van der Waals surface area contributed by atoms with E-state index in [2.05, 4.69) is 101 Å². The molecule has 6 aromatic heterocycles. The topological polar surface area (TPSA) is 295 Å². The third-order valence-electron chi connectivity index (χ3n) is 27.1. The number of thiophene rings is 1. The van der Waals surface area contributed by atoms with Crippen LogP contribution in [0.3, 0.4) is 0 Å². The van der Waals surface area contributed by atoms with Crippen molar-refractivity contribution in [2.45, 2.75) is 19.8 Å². The van der Waals surface area contributed by atoms with E-state index in [0.717, 1.165) is 165 Å². The smallest absolute Gasteiger partial charge is 0.238 e. The number of carbonyl (C=O) groups is 2. The Hall–Kier alpha value is -14.8. The van der Waals surface area contributed by atoms with Crippen LogP contribution in [0.1, 0.15) is 29.2 Å². The second kappa shape index (κ2) is 38.4. The fourth-order valence-electron chi connectivity index (χ4n) is 20.4. The third kappa shape index (κ3) is 17.2. The lowest BCUT2D eigenvalue weighted by atomic mass is 9.93. The molecule has 2 aliphatic carbocycles. The van der Waals surface area contributed by atoms with E-state index in [0.29, 0.717) is 186 Å². The van der Waals surface area contributed by atoms with Crippen LogP contribution in [0.15, 0.2) is 290 Å². The predicted molar refractivity (Wildman–Crippen MR) is 548 cm³/mol. The first-order valence-corrected chi connectivity index (χ1v) is 47.8. The number of nitrogens with one attached hydrogen (secondary N) is 2. The van der Waals surface area contributed by atoms with Crippen molar-refractivity contribution in [1.29, 1.82) is 0 Å². The summed E-state index contributed by atoms with van der Waals surface area (Å²) in [5.41, 5.74) is 29.2. The summed E-state index contributed by atoms with van der Waals surface area (Å²) in [6, 6.07) is 80.2. The summed E-state index contributed by atoms with van der Waals surface area (Å²) in [6.07, 6.45) is 1.56. The number of fused-ring (bicyclic) bond motifs is 16. The van der Waals surface area contributed by atoms with Crippen LogP contribution < -0.4 is 57.7 Å². The number of carbonyl (C=O) groups excluding carboxylic acids is 2. The van der Waals surface area contributed by atoms with Gasteiger partial charge in [0.25, 0.3) is 0 Å². The molecule has 0 atom stereocenters. The van der Waals surface area contributed by atoms with E-state index in [4.69, 9.17) is 46.8 Å². The zero-order chi connectivity index (χ0) is 93.6. The van der Waals surface area contributed by atoms with Crippen molar-refractivity contribution in [3.63, 3.8) is 0 Å². The molecule has 5 N–H and O–H groups in total. The number of nitrogen functional groups attached to an aromatic ring is 1. The fourth-order valence-corrected chi connectivity index (χ4v) is 21.7. The van der Waals surface area contributed by atoms with E-state index < -0.39 is 0 Å². The number of nitrogens with two attached hydrogens (primary N) is 1. The summed E-state index contributed by atoms with van der Waals surface area (Å²) < 4.78 is 55.8. The second-order valence-corrected chi connectivity index (χ2v) is 36.5. The highest BCUT2D eigenvalue weighted by Gasteiger charge is 2.32. The van der Waals surface area contributed by atoms with Crippen molar-refractivity contribution in [3.8, 4) is 66.8 Å². The number of nitrogens with zero attached hydrogens (tertiary/aromatic N) is 6. The maximum Gasteiger partial charge on any atom is 0.238 e. The van der Waals surface area contributed by atoms with Crippen LogP contribution in [0.5, 0.6) is 0 Å². The van der Waals surface area contributed by atoms with E-state index in [9.17, 15) is 33.9 Å². The molecule has 0 radical (unpaired) electrons. The van der Waals surface area contributed by atoms with Gasteiger partial charge in [0.05, 0.1) is 93.2 Å². The van der Waals surface area contributed by atoms with Gasteiger partial charge in [-0.25, -0.2) is 0 Å². The molecule has 5 aliphatic heterocycles. The lowest BCUT2D eigenvalue weighted by Crippen LogP contribution is -2.49. The molecule has 0 spiro atoms. The molecule has 18 aromatic rings. The third-order valence-corrected chi connectivity index (χ3v) is 28.4. The number of β-amino-alcohol motifs (C(OH)–C–C–N with tert-alkyl or cyclic N) is 1. The fraction of sp³-hybridized carbons (Fsp3) is 0.232. The second-order valence-electron chi connectivity index (χ2n) is 35.5. The van der Waals surface area contributed by atoms with Crippen LogP contribution in [0.25, 0.3) is 153 Å². The van der Waals surface area contributed by atoms with Gasteiger partial charge >= 0.3 is 0 Å². The quantitative estimate of drug-likeness (QED) is 0.0736. The van der Waals surface area contributed by atoms with Crippen LogP contribution >= 0.6 is 11.3 Å². The first kappa shape index (κ1) is 88.4. The Kier molecular flexibility index (Phi) is 24.6. The average Bonchev–Trinajstić information content (AvgIpc) is 1.54. The van der Waals surface area contributed by atoms with Gasteiger partial charge in [0.2, 0.25) is 11.8 Å². The maximum atomic E-state index is 13.3. The van der Waals surface area contributed by atoms with Gasteiger partial charge in [0.15, 0.2) is 45.3 Å². The molecule has 11 heterocycles. The number of hydrogen-bond acceptors (Lipinski definition) is 24. The van der Waals surface area contributed by atoms with Gasteiger partial charge in [0, 0.05) is 203 Å². The van der Waals surface area contributed by atoms with Crippen LogP contribution in [0, 0.1) is 0 Å². The van der Waals surface area contributed by atoms with E-state index >= 15 is 0 Å². The maximum absolute atomic E-state index is 13.3. The summed E-state index contributed by atoms with van der Waals surface area (Å²) in [5.74, 6) is 2.16. The molecule has 0 saturated carbocycles. The summed E-state index contributed by atoms with van der Waals surface area (Å²) in [5, 5.41) is 21.9. The average molecular weight is 1860 g/mol. The molecule has 0 unspecified atom stereocenters. The van der Waals surface area contributed by atoms with E-state index in [1.165, 1.54) is 29.2 Å². The molecule has 5 fully saturated rings. The summed E-state index contributed by atoms with van der Waals surface area (Å²) in [7, 11) is 0. The van der Waals surface area contributed by atoms with Gasteiger partial charge in [0.1, 0.15) is 33.5 Å². The molecule has 138 heavy (non-hydrogen) atoms. The Balaban J connectivity index is 0.000000107. The zero-order valence-electron chi connectivity index (χ0n) is 76.1. The number of amides is 2. The Bertz CT molecular complexity index is 8070. The molecular weight excluding hydrogens is 1760 g/mol. The minimum atomic E-state index is -0.106. The number of rotatable bonds is 14. The molecule has 694 valence electrons. The molecule has 25 rings (SSSR count). The molecule has 0 bridgehead atoms. The van der Waals surface area contributed by atoms with Crippen LogP contribution in [-0.4, -0.2) is 178 Å². The number of piperazine rings is 1. The van der Waals surface area contributed by atoms with Crippen molar-refractivity contribution in [1.82, 2.24) is 9.80 Å². The first-order chi connectivity index (χ1) is 67.7. The monoisotopic (exact) mass is 1860 g/mol. The standard InChI is InChI=1S/C33H34N4O5S.C28H24N2O4.C26H22N2O3.C25H19NO4/c38-17-14-35-10-12-36(13-11-35)21-29(40)34-26-9-8-23(33-31(26)25-4-1-2-7-28(25)43-33)22-5-3-6-24-27(39)20-30(42-32(22)24)37-15-18-41-19-16-37;1-17(31)29-24-10-9-20(23-15-18-5-2-3-6-19(18)27(23)24)21-7-4-8-22-25(32)16-26(34-28(21)22)30-11-13-33-14-12-30;27-22-9-8-18(21-14-16-4-1-2-5-17(16)25(21)22)19-6-3-7-20-23(29)15-24(31-26(19)20)28-10-12-30-13-11-28;27-21-15-23(26-11-13-28-14-12-26)30-25-19(8-4-9-20(21)25)18-7-3-6-17-16-5-1-2-10-22(16)29-24(17)18/h1-9,20,38H,10-19,21H2,(H,34,40);2-10,16H,11-15H2,1H3,(H,29,31);1-9,15H,10-14,27H2;1-10,15H,11-14H2. The number of anilines is 7. The molecular formula is C112H99N9O16S. The Morgan fingerprint density at radius 2 is 0.725 bits per heavy atom. The van der Waals surface area contributed by atoms with Crippen molar-refractivity contribution in [2.75, 3.05) is 187 Å². The summed E-state index contributed by atoms with van der Waals surface area (Å²) >= 11 is 1.68. The van der Waals surface area contributed by atoms with E-state index in [-0.39, 0.29) is 40.1 Å². The SMILES string of the molecule is CC(=O)Nc1ccc(-c2cccc3c(=O)cc(N4CCOCC4)oc23)c2c1-c1ccccc1C2.Nc1ccc(-c2cccc3c(=O)cc(N4CCOCC4)oc23)c2c1-c1ccccc1C2.O=C(CN1CCN(CCO)CC1)Nc1ccc(-c2cccc3c(=O)cc(N4CCOCC4)oc23)c2sc3ccccc3c12.O=c1cc(N2CCOCC2)oc2c(-c3cccc4c3oc3ccccc34)cccc12. The highest BCUT2D eigenvalue weighted by Crippen LogP contribution is 2.51. The minimum absolute atomic E-state index is 0.0278. The first-order valence-electron chi connectivity index (χ1n) is 47.0. The lowest BCUT2D eigenvalue weighted by Gasteiger charge is -2.33. The molecule has 5 saturated heterocycles. The normalized spacial score (nSPS) is 15.5. The highest BCUT2D eigenvalue weighted by atomic mass is 32.1. The summed E-state index contributed by atoms with van der Waals surface area (Å²) in [6.45, 7) is 16.4. The number of hydrogen-bond donors (Lipinski definition) is 4. The van der Waals surface area contributed by atoms with Crippen LogP contribution in [0.2, 0.25) is 0 Å². The van der Waals surface area contributed by atoms with Crippen LogP contribution in [-0.2, 0) is 41.4 Å². The zero-order valence-corrected chi connectivity index (χ0v) is 76.9. The Morgan fingerprint density at radius 1 is 0.355 bits per heavy atom. The number of benzene rings is 12. The highest BCUT2D eigenvalue weighted by molar-refractivity contribution is 7.26. The van der Waals surface area contributed by atoms with Gasteiger partial charge < -0.3 is 82.1 Å². The van der Waals surface area contributed by atoms with Crippen molar-refractivity contribution in [3.05, 3.63) is 312 Å². The molecule has 7 aliphatic rings. The Labute approximate surface area is 795 Å². The molecule has 2 amide bonds. The van der Waals surface area contributed by atoms with E-state index in [1.54, 1.807) is 35.6 Å². The van der Waals surface area contributed by atoms with Crippen molar-refractivity contribution in [2.24, 2.45) is 0 Å². The number of furan rings is 1. The van der Waals surface area contributed by atoms with Gasteiger partial charge in [-0.15, -0.1) is 11.3 Å². The molecule has 25 nitrogen and oxygen atoms in total. The van der Waals surface area contributed by atoms with Gasteiger partial charge in [-0.1, -0.05) is 170 Å². The number of ether oxygens (including phenoxy) is 4. The number of aliphatic hydroxyl groups excluding tert-OH is 1. The van der Waals surface area contributed by atoms with Crippen molar-refractivity contribution < 1.29 is 55.7 Å². The molecule has 26 heteroatoms. The van der Waals surface area contributed by atoms with Crippen LogP contribution in [0.4, 0.5) is 40.6 Å². The largest absolute Gasteiger partial charge is 0.455 e. The number of aliphatic hydroxyl groups is 1. The summed E-state index contributed by atoms with van der Waals surface area (Å²) in [4.78, 5) is 89.9. The molecule has 12 aromatic carbocycles. The van der Waals surface area contributed by atoms with Gasteiger partial charge in [-0.05, 0) is 112 Å². The Morgan fingerprint density at radius 3 is 1.20 bits per heavy atom. The van der Waals surface area contributed by atoms with E-state index in [1.807, 2.05) is 164 Å². The van der Waals surface area contributed by atoms with Crippen molar-refractivity contribution >= 4 is 150 Å². The number of morpholine rings is 4.